The predicted octanol–water partition coefficient (Wildman–Crippen LogP) is 2.83. The Kier molecular flexibility index (Phi) is 6.70. The number of hydrogen-bond acceptors (Lipinski definition) is 4. The number of amides is 1. The molecule has 0 aliphatic carbocycles. The summed E-state index contributed by atoms with van der Waals surface area (Å²) in [4.78, 5) is 12.2. The minimum absolute atomic E-state index is 0.121. The third-order valence-electron chi connectivity index (χ3n) is 2.87. The predicted molar refractivity (Wildman–Crippen MR) is 87.2 cm³/mol. The van der Waals surface area contributed by atoms with Crippen LogP contribution < -0.4 is 10.0 Å². The summed E-state index contributed by atoms with van der Waals surface area (Å²) in [6, 6.07) is 4.63. The largest absolute Gasteiger partial charge is 0.325 e. The van der Waals surface area contributed by atoms with Gasteiger partial charge in [0.1, 0.15) is 0 Å². The van der Waals surface area contributed by atoms with Crippen LogP contribution in [0, 0.1) is 0 Å². The van der Waals surface area contributed by atoms with Crippen molar-refractivity contribution in [2.75, 3.05) is 11.6 Å². The zero-order valence-corrected chi connectivity index (χ0v) is 14.4. The lowest BCUT2D eigenvalue weighted by Gasteiger charge is -2.15. The highest BCUT2D eigenvalue weighted by Gasteiger charge is 2.18. The van der Waals surface area contributed by atoms with Gasteiger partial charge < -0.3 is 5.32 Å². The van der Waals surface area contributed by atoms with Gasteiger partial charge in [-0.25, -0.2) is 13.1 Å². The summed E-state index contributed by atoms with van der Waals surface area (Å²) in [5, 5.41) is 2.66. The fraction of sp³-hybridized carbons (Fsp3) is 0.500. The maximum absolute atomic E-state index is 12.3. The Balaban J connectivity index is 3.09. The van der Waals surface area contributed by atoms with Crippen molar-refractivity contribution >= 4 is 33.4 Å². The molecule has 0 aromatic heterocycles. The molecular formula is C14H22N2O3S2. The van der Waals surface area contributed by atoms with E-state index in [0.29, 0.717) is 5.69 Å². The third kappa shape index (κ3) is 5.33. The van der Waals surface area contributed by atoms with Crippen molar-refractivity contribution in [3.63, 3.8) is 0 Å². The van der Waals surface area contributed by atoms with Crippen LogP contribution in [-0.2, 0) is 14.8 Å². The molecule has 0 saturated heterocycles. The fourth-order valence-corrected chi connectivity index (χ4v) is 3.80. The summed E-state index contributed by atoms with van der Waals surface area (Å²) in [6.07, 6.45) is 3.56. The monoisotopic (exact) mass is 330 g/mol. The Labute approximate surface area is 130 Å². The number of rotatable bonds is 7. The molecule has 1 aromatic rings. The van der Waals surface area contributed by atoms with Gasteiger partial charge in [-0.2, -0.15) is 0 Å². The van der Waals surface area contributed by atoms with E-state index in [1.54, 1.807) is 12.1 Å². The first kappa shape index (κ1) is 18.0. The van der Waals surface area contributed by atoms with Gasteiger partial charge in [0, 0.05) is 17.9 Å². The van der Waals surface area contributed by atoms with Crippen molar-refractivity contribution in [2.45, 2.75) is 49.4 Å². The van der Waals surface area contributed by atoms with E-state index in [0.717, 1.165) is 17.7 Å². The lowest BCUT2D eigenvalue weighted by atomic mass is 10.2. The minimum Gasteiger partial charge on any atom is -0.325 e. The maximum Gasteiger partial charge on any atom is 0.240 e. The number of carbonyl (C=O) groups is 1. The molecule has 0 spiro atoms. The van der Waals surface area contributed by atoms with E-state index in [-0.39, 0.29) is 16.8 Å². The molecule has 0 fully saturated rings. The topological polar surface area (TPSA) is 75.3 Å². The van der Waals surface area contributed by atoms with E-state index in [9.17, 15) is 13.2 Å². The van der Waals surface area contributed by atoms with E-state index in [2.05, 4.69) is 10.0 Å². The highest BCUT2D eigenvalue weighted by Crippen LogP contribution is 2.28. The number of thioether (sulfide) groups is 1. The van der Waals surface area contributed by atoms with Crippen molar-refractivity contribution in [1.29, 1.82) is 0 Å². The van der Waals surface area contributed by atoms with Gasteiger partial charge in [0.05, 0.1) is 10.6 Å². The van der Waals surface area contributed by atoms with Crippen molar-refractivity contribution in [1.82, 2.24) is 4.72 Å². The molecule has 0 aliphatic rings. The van der Waals surface area contributed by atoms with E-state index in [1.165, 1.54) is 24.8 Å². The molecule has 7 heteroatoms. The van der Waals surface area contributed by atoms with Crippen LogP contribution in [0.3, 0.4) is 0 Å². The van der Waals surface area contributed by atoms with Crippen LogP contribution in [0.15, 0.2) is 28.0 Å². The molecule has 21 heavy (non-hydrogen) atoms. The number of carbonyl (C=O) groups excluding carboxylic acids is 1. The van der Waals surface area contributed by atoms with Gasteiger partial charge in [0.2, 0.25) is 15.9 Å². The lowest BCUT2D eigenvalue weighted by molar-refractivity contribution is -0.114. The summed E-state index contributed by atoms with van der Waals surface area (Å²) in [6.45, 7) is 5.24. The SMILES string of the molecule is CCCC(C)NS(=O)(=O)c1ccc(SC)c(NC(C)=O)c1. The first-order chi connectivity index (χ1) is 9.80. The van der Waals surface area contributed by atoms with E-state index >= 15 is 0 Å². The minimum atomic E-state index is -3.58. The lowest BCUT2D eigenvalue weighted by Crippen LogP contribution is -2.32. The summed E-state index contributed by atoms with van der Waals surface area (Å²) in [5.41, 5.74) is 0.515. The van der Waals surface area contributed by atoms with Crippen molar-refractivity contribution in [2.24, 2.45) is 0 Å². The Morgan fingerprint density at radius 2 is 2.05 bits per heavy atom. The summed E-state index contributed by atoms with van der Waals surface area (Å²) < 4.78 is 27.3. The highest BCUT2D eigenvalue weighted by atomic mass is 32.2. The van der Waals surface area contributed by atoms with E-state index in [4.69, 9.17) is 0 Å². The van der Waals surface area contributed by atoms with E-state index < -0.39 is 10.0 Å². The molecule has 1 atom stereocenters. The van der Waals surface area contributed by atoms with Gasteiger partial charge in [-0.1, -0.05) is 13.3 Å². The molecule has 0 heterocycles. The third-order valence-corrected chi connectivity index (χ3v) is 5.25. The molecule has 0 aliphatic heterocycles. The molecule has 1 aromatic carbocycles. The molecule has 5 nitrogen and oxygen atoms in total. The molecular weight excluding hydrogens is 308 g/mol. The average Bonchev–Trinajstić information content (AvgIpc) is 2.37. The van der Waals surface area contributed by atoms with Crippen molar-refractivity contribution in [3.8, 4) is 0 Å². The Morgan fingerprint density at radius 3 is 2.57 bits per heavy atom. The fourth-order valence-electron chi connectivity index (χ4n) is 1.97. The molecule has 2 N–H and O–H groups in total. The van der Waals surface area contributed by atoms with Crippen LogP contribution in [0.5, 0.6) is 0 Å². The molecule has 0 bridgehead atoms. The quantitative estimate of drug-likeness (QED) is 0.754. The smallest absolute Gasteiger partial charge is 0.240 e. The second kappa shape index (κ2) is 7.82. The van der Waals surface area contributed by atoms with Crippen LogP contribution in [0.2, 0.25) is 0 Å². The Morgan fingerprint density at radius 1 is 1.38 bits per heavy atom. The van der Waals surface area contributed by atoms with Crippen molar-refractivity contribution < 1.29 is 13.2 Å². The molecule has 0 saturated carbocycles. The average molecular weight is 330 g/mol. The first-order valence-electron chi connectivity index (χ1n) is 6.78. The number of benzene rings is 1. The van der Waals surface area contributed by atoms with Crippen LogP contribution in [0.4, 0.5) is 5.69 Å². The first-order valence-corrected chi connectivity index (χ1v) is 9.49. The number of anilines is 1. The van der Waals surface area contributed by atoms with Gasteiger partial charge in [-0.05, 0) is 37.8 Å². The Hall–Kier alpha value is -1.05. The number of hydrogen-bond donors (Lipinski definition) is 2. The zero-order valence-electron chi connectivity index (χ0n) is 12.8. The molecule has 1 rings (SSSR count). The summed E-state index contributed by atoms with van der Waals surface area (Å²) in [5.74, 6) is -0.229. The van der Waals surface area contributed by atoms with Crippen LogP contribution in [-0.4, -0.2) is 26.6 Å². The second-order valence-corrected chi connectivity index (χ2v) is 7.42. The summed E-state index contributed by atoms with van der Waals surface area (Å²) in [7, 11) is -3.58. The van der Waals surface area contributed by atoms with Crippen LogP contribution in [0.1, 0.15) is 33.6 Å². The normalized spacial score (nSPS) is 13.0. The molecule has 118 valence electrons. The standard InChI is InChI=1S/C14H22N2O3S2/c1-5-6-10(2)16-21(18,19)12-7-8-14(20-4)13(9-12)15-11(3)17/h7-10,16H,5-6H2,1-4H3,(H,15,17). The summed E-state index contributed by atoms with van der Waals surface area (Å²) >= 11 is 1.45. The Bertz CT molecular complexity index is 600. The van der Waals surface area contributed by atoms with Gasteiger partial charge in [0.25, 0.3) is 0 Å². The molecule has 1 unspecified atom stereocenters. The van der Waals surface area contributed by atoms with Crippen molar-refractivity contribution in [3.05, 3.63) is 18.2 Å². The van der Waals surface area contributed by atoms with Crippen LogP contribution >= 0.6 is 11.8 Å². The zero-order chi connectivity index (χ0) is 16.0. The molecule has 0 radical (unpaired) electrons. The van der Waals surface area contributed by atoms with Crippen LogP contribution in [0.25, 0.3) is 0 Å². The number of nitrogens with one attached hydrogen (secondary N) is 2. The highest BCUT2D eigenvalue weighted by molar-refractivity contribution is 7.98. The van der Waals surface area contributed by atoms with Gasteiger partial charge in [0.15, 0.2) is 0 Å². The number of sulfonamides is 1. The molecule has 1 amide bonds. The second-order valence-electron chi connectivity index (χ2n) is 4.85. The maximum atomic E-state index is 12.3. The van der Waals surface area contributed by atoms with Gasteiger partial charge in [-0.3, -0.25) is 4.79 Å². The van der Waals surface area contributed by atoms with Gasteiger partial charge >= 0.3 is 0 Å². The van der Waals surface area contributed by atoms with E-state index in [1.807, 2.05) is 20.1 Å². The van der Waals surface area contributed by atoms with Gasteiger partial charge in [-0.15, -0.1) is 11.8 Å².